The fourth-order valence-electron chi connectivity index (χ4n) is 5.95. The third kappa shape index (κ3) is 4.07. The number of nitrogens with zero attached hydrogens (tertiary/aromatic N) is 3. The molecule has 30 heavy (non-hydrogen) atoms. The highest BCUT2D eigenvalue weighted by Crippen LogP contribution is 2.55. The molecule has 1 aromatic heterocycles. The molecule has 0 spiro atoms. The maximum atomic E-state index is 12.5. The van der Waals surface area contributed by atoms with Gasteiger partial charge in [0, 0.05) is 10.6 Å². The maximum absolute atomic E-state index is 12.5. The Hall–Kier alpha value is -2.06. The summed E-state index contributed by atoms with van der Waals surface area (Å²) >= 11 is 7.29. The number of halogens is 1. The van der Waals surface area contributed by atoms with Crippen molar-refractivity contribution < 1.29 is 9.59 Å². The van der Waals surface area contributed by atoms with Gasteiger partial charge in [0.1, 0.15) is 6.33 Å². The summed E-state index contributed by atoms with van der Waals surface area (Å²) in [6.45, 7) is 0. The largest absolute Gasteiger partial charge is 0.332 e. The highest BCUT2D eigenvalue weighted by Gasteiger charge is 2.51. The zero-order valence-electron chi connectivity index (χ0n) is 16.5. The van der Waals surface area contributed by atoms with Crippen LogP contribution in [0, 0.1) is 17.8 Å². The number of nitrogens with one attached hydrogen (secondary N) is 2. The molecular weight excluding hydrogens is 422 g/mol. The number of hydrogen-bond acceptors (Lipinski definition) is 5. The summed E-state index contributed by atoms with van der Waals surface area (Å²) in [6.07, 6.45) is 8.67. The molecule has 4 saturated carbocycles. The summed E-state index contributed by atoms with van der Waals surface area (Å²) < 4.78 is 1.76. The second-order valence-corrected chi connectivity index (χ2v) is 10.3. The zero-order valence-corrected chi connectivity index (χ0v) is 18.1. The Morgan fingerprint density at radius 1 is 1.17 bits per heavy atom. The first kappa shape index (κ1) is 19.9. The van der Waals surface area contributed by atoms with Crippen LogP contribution in [0.1, 0.15) is 38.5 Å². The molecule has 4 aliphatic rings. The molecule has 1 heterocycles. The highest BCUT2D eigenvalue weighted by atomic mass is 35.5. The van der Waals surface area contributed by atoms with Crippen molar-refractivity contribution in [1.29, 1.82) is 0 Å². The van der Waals surface area contributed by atoms with Crippen LogP contribution in [0.2, 0.25) is 5.02 Å². The van der Waals surface area contributed by atoms with Crippen molar-refractivity contribution in [2.24, 2.45) is 17.8 Å². The van der Waals surface area contributed by atoms with E-state index in [2.05, 4.69) is 20.8 Å². The topological polar surface area (TPSA) is 88.9 Å². The van der Waals surface area contributed by atoms with E-state index in [0.717, 1.165) is 42.7 Å². The molecule has 0 unspecified atom stereocenters. The Kier molecular flexibility index (Phi) is 5.23. The summed E-state index contributed by atoms with van der Waals surface area (Å²) in [6, 6.07) is 6.94. The number of rotatable bonds is 5. The summed E-state index contributed by atoms with van der Waals surface area (Å²) in [7, 11) is 0. The summed E-state index contributed by atoms with van der Waals surface area (Å²) in [5.41, 5.74) is 0.703. The molecule has 3 amide bonds. The van der Waals surface area contributed by atoms with Gasteiger partial charge in [-0.1, -0.05) is 29.4 Å². The molecule has 9 heteroatoms. The lowest BCUT2D eigenvalue weighted by Gasteiger charge is -2.56. The minimum absolute atomic E-state index is 0.0769. The minimum atomic E-state index is -0.376. The molecule has 0 radical (unpaired) electrons. The van der Waals surface area contributed by atoms with Gasteiger partial charge in [-0.3, -0.25) is 14.7 Å². The number of benzene rings is 1. The van der Waals surface area contributed by atoms with Crippen molar-refractivity contribution in [2.45, 2.75) is 49.2 Å². The number of carbonyl (C=O) groups is 2. The van der Waals surface area contributed by atoms with Gasteiger partial charge in [-0.15, -0.1) is 10.2 Å². The van der Waals surface area contributed by atoms with Crippen LogP contribution >= 0.6 is 23.4 Å². The Morgan fingerprint density at radius 2 is 1.87 bits per heavy atom. The molecule has 4 bridgehead atoms. The second kappa shape index (κ2) is 7.89. The van der Waals surface area contributed by atoms with Crippen LogP contribution in [0.3, 0.4) is 0 Å². The minimum Gasteiger partial charge on any atom is -0.332 e. The Labute approximate surface area is 184 Å². The van der Waals surface area contributed by atoms with Crippen molar-refractivity contribution in [2.75, 3.05) is 5.75 Å². The lowest BCUT2D eigenvalue weighted by molar-refractivity contribution is -0.117. The van der Waals surface area contributed by atoms with Gasteiger partial charge in [0.25, 0.3) is 0 Å². The third-order valence-corrected chi connectivity index (χ3v) is 7.78. The first-order valence-corrected chi connectivity index (χ1v) is 11.8. The number of aromatic nitrogens is 3. The second-order valence-electron chi connectivity index (χ2n) is 8.95. The van der Waals surface area contributed by atoms with Crippen molar-refractivity contribution in [3.8, 4) is 5.69 Å². The average molecular weight is 446 g/mol. The molecule has 0 aliphatic heterocycles. The van der Waals surface area contributed by atoms with Crippen LogP contribution in [0.25, 0.3) is 5.69 Å². The van der Waals surface area contributed by atoms with E-state index in [9.17, 15) is 9.59 Å². The van der Waals surface area contributed by atoms with Crippen molar-refractivity contribution in [3.63, 3.8) is 0 Å². The Morgan fingerprint density at radius 3 is 2.53 bits per heavy atom. The predicted molar refractivity (Wildman–Crippen MR) is 115 cm³/mol. The van der Waals surface area contributed by atoms with Crippen LogP contribution in [0.4, 0.5) is 4.79 Å². The van der Waals surface area contributed by atoms with Crippen LogP contribution in [-0.2, 0) is 4.79 Å². The molecule has 0 saturated heterocycles. The number of hydrogen-bond donors (Lipinski definition) is 2. The molecule has 2 aromatic rings. The van der Waals surface area contributed by atoms with E-state index in [-0.39, 0.29) is 23.2 Å². The van der Waals surface area contributed by atoms with Crippen LogP contribution in [-0.4, -0.2) is 38.0 Å². The first-order chi connectivity index (χ1) is 14.5. The monoisotopic (exact) mass is 445 g/mol. The molecule has 6 rings (SSSR count). The molecule has 4 aliphatic carbocycles. The molecule has 0 atom stereocenters. The maximum Gasteiger partial charge on any atom is 0.321 e. The van der Waals surface area contributed by atoms with E-state index in [1.165, 1.54) is 31.0 Å². The molecule has 1 aromatic carbocycles. The quantitative estimate of drug-likeness (QED) is 0.683. The van der Waals surface area contributed by atoms with E-state index in [1.54, 1.807) is 23.0 Å². The highest BCUT2D eigenvalue weighted by molar-refractivity contribution is 7.99. The summed E-state index contributed by atoms with van der Waals surface area (Å²) in [5.74, 6) is 1.94. The van der Waals surface area contributed by atoms with Crippen LogP contribution in [0.15, 0.2) is 35.7 Å². The van der Waals surface area contributed by atoms with E-state index in [0.29, 0.717) is 10.2 Å². The van der Waals surface area contributed by atoms with E-state index in [1.807, 2.05) is 12.1 Å². The normalized spacial score (nSPS) is 29.0. The van der Waals surface area contributed by atoms with Gasteiger partial charge < -0.3 is 5.32 Å². The van der Waals surface area contributed by atoms with Gasteiger partial charge in [-0.2, -0.15) is 0 Å². The molecule has 158 valence electrons. The van der Waals surface area contributed by atoms with Gasteiger partial charge in [0.05, 0.1) is 11.4 Å². The molecule has 4 fully saturated rings. The molecular formula is C21H24ClN5O2S. The van der Waals surface area contributed by atoms with E-state index >= 15 is 0 Å². The fraction of sp³-hybridized carbons (Fsp3) is 0.524. The number of urea groups is 1. The standard InChI is InChI=1S/C21H24ClN5O2S/c22-16-2-1-3-17(7-16)27-12-23-26-20(27)30-11-18(28)24-19(29)25-21-8-13-4-14(9-21)6-15(5-13)10-21/h1-3,7,12-15H,4-6,8-11H2,(H2,24,25,28,29). The zero-order chi connectivity index (χ0) is 20.7. The SMILES string of the molecule is O=C(CSc1nncn1-c1cccc(Cl)c1)NC(=O)NC12CC3CC(CC(C3)C1)C2. The number of amides is 3. The van der Waals surface area contributed by atoms with Crippen molar-refractivity contribution in [3.05, 3.63) is 35.6 Å². The number of imide groups is 1. The Bertz CT molecular complexity index is 943. The fourth-order valence-corrected chi connectivity index (χ4v) is 6.87. The van der Waals surface area contributed by atoms with E-state index in [4.69, 9.17) is 11.6 Å². The van der Waals surface area contributed by atoms with Gasteiger partial charge in [0.2, 0.25) is 5.91 Å². The lowest BCUT2D eigenvalue weighted by Crippen LogP contribution is -2.61. The predicted octanol–water partition coefficient (Wildman–Crippen LogP) is 3.81. The lowest BCUT2D eigenvalue weighted by atomic mass is 9.53. The molecule has 7 nitrogen and oxygen atoms in total. The molecule has 2 N–H and O–H groups in total. The summed E-state index contributed by atoms with van der Waals surface area (Å²) in [5, 5.41) is 14.8. The first-order valence-electron chi connectivity index (χ1n) is 10.4. The third-order valence-electron chi connectivity index (χ3n) is 6.61. The van der Waals surface area contributed by atoms with Crippen LogP contribution < -0.4 is 10.6 Å². The van der Waals surface area contributed by atoms with Gasteiger partial charge in [0.15, 0.2) is 5.16 Å². The van der Waals surface area contributed by atoms with Gasteiger partial charge in [-0.05, 0) is 74.5 Å². The van der Waals surface area contributed by atoms with Crippen molar-refractivity contribution >= 4 is 35.3 Å². The van der Waals surface area contributed by atoms with Gasteiger partial charge >= 0.3 is 6.03 Å². The smallest absolute Gasteiger partial charge is 0.321 e. The number of carbonyl (C=O) groups excluding carboxylic acids is 2. The van der Waals surface area contributed by atoms with Crippen molar-refractivity contribution in [1.82, 2.24) is 25.4 Å². The summed E-state index contributed by atoms with van der Waals surface area (Å²) in [4.78, 5) is 24.9. The number of thioether (sulfide) groups is 1. The average Bonchev–Trinajstić information content (AvgIpc) is 3.13. The van der Waals surface area contributed by atoms with E-state index < -0.39 is 0 Å². The van der Waals surface area contributed by atoms with Gasteiger partial charge in [-0.25, -0.2) is 4.79 Å². The van der Waals surface area contributed by atoms with Crippen LogP contribution in [0.5, 0.6) is 0 Å². The Balaban J connectivity index is 1.16.